The Balaban J connectivity index is 1.64. The first-order valence-corrected chi connectivity index (χ1v) is 11.2. The zero-order valence-electron chi connectivity index (χ0n) is 15.9. The molecule has 3 rings (SSSR count). The van der Waals surface area contributed by atoms with E-state index in [1.165, 1.54) is 12.1 Å². The van der Waals surface area contributed by atoms with Crippen LogP contribution in [0.25, 0.3) is 0 Å². The minimum Gasteiger partial charge on any atom is -0.491 e. The van der Waals surface area contributed by atoms with Gasteiger partial charge in [-0.2, -0.15) is 0 Å². The Morgan fingerprint density at radius 1 is 1.24 bits per heavy atom. The molecule has 29 heavy (non-hydrogen) atoms. The fourth-order valence-electron chi connectivity index (χ4n) is 3.43. The van der Waals surface area contributed by atoms with Crippen LogP contribution in [-0.4, -0.2) is 61.5 Å². The Hall–Kier alpha value is -2.29. The van der Waals surface area contributed by atoms with Crippen LogP contribution in [0, 0.1) is 5.82 Å². The van der Waals surface area contributed by atoms with Crippen LogP contribution in [0.4, 0.5) is 4.39 Å². The lowest BCUT2D eigenvalue weighted by Gasteiger charge is -2.30. The number of rotatable bonds is 9. The third kappa shape index (κ3) is 6.35. The second kappa shape index (κ2) is 9.47. The highest BCUT2D eigenvalue weighted by molar-refractivity contribution is 7.91. The van der Waals surface area contributed by atoms with E-state index in [4.69, 9.17) is 4.74 Å². The van der Waals surface area contributed by atoms with Crippen LogP contribution in [0.2, 0.25) is 0 Å². The molecule has 1 aliphatic heterocycles. The summed E-state index contributed by atoms with van der Waals surface area (Å²) in [6.07, 6.45) is 0.356. The Kier molecular flexibility index (Phi) is 7.00. The number of hydrogen-bond acceptors (Lipinski definition) is 6. The molecule has 1 saturated heterocycles. The van der Waals surface area contributed by atoms with Gasteiger partial charge in [0, 0.05) is 24.7 Å². The van der Waals surface area contributed by atoms with Gasteiger partial charge in [-0.1, -0.05) is 12.1 Å². The monoisotopic (exact) mass is 421 g/mol. The summed E-state index contributed by atoms with van der Waals surface area (Å²) in [5.74, 6) is 0.315. The predicted molar refractivity (Wildman–Crippen MR) is 107 cm³/mol. The zero-order chi connectivity index (χ0) is 20.9. The SMILES string of the molecule is O=Cc1ccc(OCC(O)CN(Cc2cccc(F)c2)C2CCS(=O)(=O)C2)cc1. The van der Waals surface area contributed by atoms with Gasteiger partial charge in [0.05, 0.1) is 11.5 Å². The first-order valence-electron chi connectivity index (χ1n) is 9.39. The van der Waals surface area contributed by atoms with Crippen LogP contribution in [0.1, 0.15) is 22.3 Å². The van der Waals surface area contributed by atoms with Crippen LogP contribution < -0.4 is 4.74 Å². The number of benzene rings is 2. The molecule has 2 unspecified atom stereocenters. The van der Waals surface area contributed by atoms with Crippen molar-refractivity contribution in [3.8, 4) is 5.75 Å². The van der Waals surface area contributed by atoms with E-state index in [9.17, 15) is 22.7 Å². The minimum absolute atomic E-state index is 0.0134. The number of carbonyl (C=O) groups excluding carboxylic acids is 1. The smallest absolute Gasteiger partial charge is 0.151 e. The van der Waals surface area contributed by atoms with Gasteiger partial charge in [-0.25, -0.2) is 12.8 Å². The summed E-state index contributed by atoms with van der Waals surface area (Å²) in [6, 6.07) is 12.4. The number of halogens is 1. The van der Waals surface area contributed by atoms with E-state index in [1.807, 2.05) is 4.90 Å². The topological polar surface area (TPSA) is 83.9 Å². The molecule has 0 saturated carbocycles. The van der Waals surface area contributed by atoms with Crippen molar-refractivity contribution < 1.29 is 27.4 Å². The highest BCUT2D eigenvalue weighted by Crippen LogP contribution is 2.21. The molecular formula is C21H24FNO5S. The maximum absolute atomic E-state index is 13.5. The quantitative estimate of drug-likeness (QED) is 0.624. The number of ether oxygens (including phenoxy) is 1. The molecule has 1 aliphatic rings. The van der Waals surface area contributed by atoms with Crippen molar-refractivity contribution in [2.75, 3.05) is 24.7 Å². The number of aliphatic hydroxyl groups excluding tert-OH is 1. The van der Waals surface area contributed by atoms with Gasteiger partial charge in [-0.05, 0) is 48.4 Å². The van der Waals surface area contributed by atoms with Gasteiger partial charge >= 0.3 is 0 Å². The molecular weight excluding hydrogens is 397 g/mol. The highest BCUT2D eigenvalue weighted by atomic mass is 32.2. The number of nitrogens with zero attached hydrogens (tertiary/aromatic N) is 1. The summed E-state index contributed by atoms with van der Waals surface area (Å²) >= 11 is 0. The molecule has 6 nitrogen and oxygen atoms in total. The molecule has 0 radical (unpaired) electrons. The van der Waals surface area contributed by atoms with Crippen molar-refractivity contribution in [1.82, 2.24) is 4.90 Å². The summed E-state index contributed by atoms with van der Waals surface area (Å²) in [6.45, 7) is 0.547. The Morgan fingerprint density at radius 3 is 2.62 bits per heavy atom. The van der Waals surface area contributed by atoms with Gasteiger partial charge in [-0.3, -0.25) is 9.69 Å². The van der Waals surface area contributed by atoms with Gasteiger partial charge in [0.2, 0.25) is 0 Å². The van der Waals surface area contributed by atoms with Crippen LogP contribution in [0.5, 0.6) is 5.75 Å². The largest absolute Gasteiger partial charge is 0.491 e. The van der Waals surface area contributed by atoms with Gasteiger partial charge < -0.3 is 9.84 Å². The molecule has 2 aromatic carbocycles. The lowest BCUT2D eigenvalue weighted by atomic mass is 10.1. The number of hydrogen-bond donors (Lipinski definition) is 1. The van der Waals surface area contributed by atoms with Crippen molar-refractivity contribution in [3.63, 3.8) is 0 Å². The summed E-state index contributed by atoms with van der Waals surface area (Å²) < 4.78 is 42.9. The summed E-state index contributed by atoms with van der Waals surface area (Å²) in [7, 11) is -3.10. The first kappa shape index (κ1) is 21.4. The lowest BCUT2D eigenvalue weighted by molar-refractivity contribution is 0.0524. The molecule has 8 heteroatoms. The Morgan fingerprint density at radius 2 is 2.00 bits per heavy atom. The molecule has 1 fully saturated rings. The van der Waals surface area contributed by atoms with E-state index in [-0.39, 0.29) is 36.5 Å². The Bertz CT molecular complexity index is 932. The van der Waals surface area contributed by atoms with Gasteiger partial charge in [0.15, 0.2) is 9.84 Å². The standard InChI is InChI=1S/C21H24FNO5S/c22-18-3-1-2-17(10-18)11-23(19-8-9-29(26,27)15-19)12-20(25)14-28-21-6-4-16(13-24)5-7-21/h1-7,10,13,19-20,25H,8-9,11-12,14-15H2. The summed E-state index contributed by atoms with van der Waals surface area (Å²) in [5.41, 5.74) is 1.24. The van der Waals surface area contributed by atoms with Crippen LogP contribution in [0.15, 0.2) is 48.5 Å². The Labute approximate surface area is 169 Å². The van der Waals surface area contributed by atoms with Crippen molar-refractivity contribution in [2.24, 2.45) is 0 Å². The molecule has 1 heterocycles. The molecule has 156 valence electrons. The highest BCUT2D eigenvalue weighted by Gasteiger charge is 2.33. The van der Waals surface area contributed by atoms with Crippen molar-refractivity contribution in [1.29, 1.82) is 0 Å². The molecule has 2 atom stereocenters. The average molecular weight is 421 g/mol. The van der Waals surface area contributed by atoms with E-state index in [0.717, 1.165) is 6.29 Å². The van der Waals surface area contributed by atoms with Gasteiger partial charge in [0.1, 0.15) is 30.6 Å². The number of aldehydes is 1. The second-order valence-electron chi connectivity index (χ2n) is 7.27. The fraction of sp³-hybridized carbons (Fsp3) is 0.381. The number of carbonyl (C=O) groups is 1. The van der Waals surface area contributed by atoms with Gasteiger partial charge in [-0.15, -0.1) is 0 Å². The third-order valence-corrected chi connectivity index (χ3v) is 6.65. The van der Waals surface area contributed by atoms with Gasteiger partial charge in [0.25, 0.3) is 0 Å². The van der Waals surface area contributed by atoms with E-state index < -0.39 is 15.9 Å². The normalized spacial score (nSPS) is 19.2. The summed E-state index contributed by atoms with van der Waals surface area (Å²) in [5, 5.41) is 10.5. The second-order valence-corrected chi connectivity index (χ2v) is 9.50. The lowest BCUT2D eigenvalue weighted by Crippen LogP contribution is -2.42. The maximum atomic E-state index is 13.5. The fourth-order valence-corrected chi connectivity index (χ4v) is 5.20. The maximum Gasteiger partial charge on any atom is 0.151 e. The molecule has 0 aliphatic carbocycles. The molecule has 1 N–H and O–H groups in total. The van der Waals surface area contributed by atoms with Crippen LogP contribution in [0.3, 0.4) is 0 Å². The van der Waals surface area contributed by atoms with E-state index in [2.05, 4.69) is 0 Å². The van der Waals surface area contributed by atoms with Crippen molar-refractivity contribution >= 4 is 16.1 Å². The van der Waals surface area contributed by atoms with Crippen LogP contribution >= 0.6 is 0 Å². The van der Waals surface area contributed by atoms with Crippen molar-refractivity contribution in [2.45, 2.75) is 25.1 Å². The number of aliphatic hydroxyl groups is 1. The van der Waals surface area contributed by atoms with Crippen LogP contribution in [-0.2, 0) is 16.4 Å². The van der Waals surface area contributed by atoms with E-state index >= 15 is 0 Å². The van der Waals surface area contributed by atoms with E-state index in [1.54, 1.807) is 36.4 Å². The first-order chi connectivity index (χ1) is 13.8. The third-order valence-electron chi connectivity index (χ3n) is 4.90. The predicted octanol–water partition coefficient (Wildman–Crippen LogP) is 2.07. The number of sulfone groups is 1. The average Bonchev–Trinajstić information content (AvgIpc) is 3.06. The van der Waals surface area contributed by atoms with E-state index in [0.29, 0.717) is 29.8 Å². The molecule has 2 aromatic rings. The molecule has 0 amide bonds. The minimum atomic E-state index is -3.10. The molecule has 0 aromatic heterocycles. The van der Waals surface area contributed by atoms with Crippen molar-refractivity contribution in [3.05, 3.63) is 65.5 Å². The molecule has 0 spiro atoms. The summed E-state index contributed by atoms with van der Waals surface area (Å²) in [4.78, 5) is 12.6. The zero-order valence-corrected chi connectivity index (χ0v) is 16.7. The molecule has 0 bridgehead atoms.